The summed E-state index contributed by atoms with van der Waals surface area (Å²) >= 11 is 0. The van der Waals surface area contributed by atoms with E-state index >= 15 is 0 Å². The van der Waals surface area contributed by atoms with Gasteiger partial charge in [-0.05, 0) is 18.9 Å². The molecule has 1 aliphatic carbocycles. The summed E-state index contributed by atoms with van der Waals surface area (Å²) in [5.41, 5.74) is 0.894. The van der Waals surface area contributed by atoms with Gasteiger partial charge in [0.15, 0.2) is 0 Å². The van der Waals surface area contributed by atoms with Crippen molar-refractivity contribution in [3.8, 4) is 0 Å². The van der Waals surface area contributed by atoms with Crippen LogP contribution in [0.3, 0.4) is 0 Å². The van der Waals surface area contributed by atoms with Gasteiger partial charge in [0.2, 0.25) is 5.91 Å². The quantitative estimate of drug-likeness (QED) is 0.836. The van der Waals surface area contributed by atoms with Crippen LogP contribution in [0.25, 0.3) is 0 Å². The molecule has 2 unspecified atom stereocenters. The Kier molecular flexibility index (Phi) is 5.09. The van der Waals surface area contributed by atoms with E-state index in [0.717, 1.165) is 5.56 Å². The van der Waals surface area contributed by atoms with Crippen LogP contribution in [0, 0.1) is 5.92 Å². The molecular weight excluding hydrogens is 270 g/mol. The molecule has 1 N–H and O–H groups in total. The normalized spacial score (nSPS) is 19.1. The molecule has 0 bridgehead atoms. The highest BCUT2D eigenvalue weighted by atomic mass is 16.5. The van der Waals surface area contributed by atoms with Gasteiger partial charge in [0, 0.05) is 18.8 Å². The molecule has 5 nitrogen and oxygen atoms in total. The third kappa shape index (κ3) is 4.41. The number of hydrogen-bond acceptors (Lipinski definition) is 4. The highest BCUT2D eigenvalue weighted by Gasteiger charge is 2.30. The third-order valence-electron chi connectivity index (χ3n) is 3.55. The monoisotopic (exact) mass is 289 g/mol. The summed E-state index contributed by atoms with van der Waals surface area (Å²) in [4.78, 5) is 34.9. The fraction of sp³-hybridized carbons (Fsp3) is 0.438. The van der Waals surface area contributed by atoms with E-state index in [4.69, 9.17) is 4.74 Å². The molecule has 1 fully saturated rings. The van der Waals surface area contributed by atoms with Gasteiger partial charge in [0.05, 0.1) is 0 Å². The highest BCUT2D eigenvalue weighted by Crippen LogP contribution is 2.21. The number of carbonyl (C=O) groups is 3. The molecule has 0 heterocycles. The summed E-state index contributed by atoms with van der Waals surface area (Å²) in [7, 11) is 0. The van der Waals surface area contributed by atoms with E-state index in [2.05, 4.69) is 5.32 Å². The number of amides is 1. The second kappa shape index (κ2) is 7.02. The predicted molar refractivity (Wildman–Crippen MR) is 76.2 cm³/mol. The minimum absolute atomic E-state index is 0.106. The molecule has 2 rings (SSSR count). The van der Waals surface area contributed by atoms with Crippen LogP contribution in [0.1, 0.15) is 31.7 Å². The van der Waals surface area contributed by atoms with Crippen LogP contribution in [-0.2, 0) is 25.7 Å². The molecule has 0 spiro atoms. The Hall–Kier alpha value is -2.17. The fourth-order valence-corrected chi connectivity index (χ4v) is 2.28. The van der Waals surface area contributed by atoms with Gasteiger partial charge in [-0.15, -0.1) is 0 Å². The second-order valence-corrected chi connectivity index (χ2v) is 5.30. The number of benzene rings is 1. The second-order valence-electron chi connectivity index (χ2n) is 5.30. The van der Waals surface area contributed by atoms with Crippen molar-refractivity contribution in [3.05, 3.63) is 35.9 Å². The van der Waals surface area contributed by atoms with Gasteiger partial charge < -0.3 is 10.1 Å². The number of ketones is 1. The Morgan fingerprint density at radius 2 is 2.05 bits per heavy atom. The smallest absolute Gasteiger partial charge is 0.328 e. The molecule has 21 heavy (non-hydrogen) atoms. The third-order valence-corrected chi connectivity index (χ3v) is 3.55. The largest absolute Gasteiger partial charge is 0.459 e. The maximum Gasteiger partial charge on any atom is 0.328 e. The molecule has 0 saturated heterocycles. The zero-order valence-electron chi connectivity index (χ0n) is 12.0. The Bertz CT molecular complexity index is 526. The minimum Gasteiger partial charge on any atom is -0.459 e. The van der Waals surface area contributed by atoms with E-state index in [-0.39, 0.29) is 30.6 Å². The molecule has 1 aliphatic rings. The summed E-state index contributed by atoms with van der Waals surface area (Å²) in [5.74, 6) is -0.919. The van der Waals surface area contributed by atoms with E-state index < -0.39 is 12.0 Å². The molecule has 0 aromatic heterocycles. The van der Waals surface area contributed by atoms with Gasteiger partial charge >= 0.3 is 5.97 Å². The highest BCUT2D eigenvalue weighted by molar-refractivity contribution is 5.91. The number of carbonyl (C=O) groups excluding carboxylic acids is 3. The topological polar surface area (TPSA) is 72.5 Å². The molecule has 0 radical (unpaired) electrons. The van der Waals surface area contributed by atoms with Crippen molar-refractivity contribution in [3.63, 3.8) is 0 Å². The molecule has 112 valence electrons. The molecule has 1 aromatic rings. The van der Waals surface area contributed by atoms with Gasteiger partial charge in [-0.3, -0.25) is 9.59 Å². The van der Waals surface area contributed by atoms with Crippen LogP contribution in [-0.4, -0.2) is 23.7 Å². The van der Waals surface area contributed by atoms with Crippen molar-refractivity contribution in [1.82, 2.24) is 5.32 Å². The lowest BCUT2D eigenvalue weighted by Gasteiger charge is -2.15. The van der Waals surface area contributed by atoms with Crippen LogP contribution >= 0.6 is 0 Å². The molecule has 5 heteroatoms. The number of nitrogens with one attached hydrogen (secondary N) is 1. The maximum absolute atomic E-state index is 11.9. The van der Waals surface area contributed by atoms with Crippen molar-refractivity contribution in [2.75, 3.05) is 0 Å². The SMILES string of the molecule is CC(NC(=O)C1CCC(=O)C1)C(=O)OCc1ccccc1. The first-order valence-electron chi connectivity index (χ1n) is 7.09. The van der Waals surface area contributed by atoms with Crippen LogP contribution < -0.4 is 5.32 Å². The fourth-order valence-electron chi connectivity index (χ4n) is 2.28. The zero-order chi connectivity index (χ0) is 15.2. The first-order valence-corrected chi connectivity index (χ1v) is 7.09. The Morgan fingerprint density at radius 1 is 1.33 bits per heavy atom. The van der Waals surface area contributed by atoms with Crippen molar-refractivity contribution in [1.29, 1.82) is 0 Å². The van der Waals surface area contributed by atoms with Crippen LogP contribution in [0.2, 0.25) is 0 Å². The number of ether oxygens (including phenoxy) is 1. The summed E-state index contributed by atoms with van der Waals surface area (Å²) < 4.78 is 5.15. The maximum atomic E-state index is 11.9. The number of rotatable bonds is 5. The lowest BCUT2D eigenvalue weighted by atomic mass is 10.1. The molecule has 2 atom stereocenters. The average Bonchev–Trinajstić information content (AvgIpc) is 2.92. The zero-order valence-corrected chi connectivity index (χ0v) is 12.0. The lowest BCUT2D eigenvalue weighted by molar-refractivity contribution is -0.149. The Balaban J connectivity index is 1.77. The minimum atomic E-state index is -0.711. The first kappa shape index (κ1) is 15.2. The van der Waals surface area contributed by atoms with E-state index in [9.17, 15) is 14.4 Å². The van der Waals surface area contributed by atoms with Crippen LogP contribution in [0.15, 0.2) is 30.3 Å². The van der Waals surface area contributed by atoms with Gasteiger partial charge in [-0.2, -0.15) is 0 Å². The van der Waals surface area contributed by atoms with Crippen molar-refractivity contribution < 1.29 is 19.1 Å². The van der Waals surface area contributed by atoms with E-state index in [0.29, 0.717) is 12.8 Å². The summed E-state index contributed by atoms with van der Waals surface area (Å²) in [6, 6.07) is 8.63. The molecule has 1 saturated carbocycles. The van der Waals surface area contributed by atoms with Gasteiger partial charge in [-0.1, -0.05) is 30.3 Å². The van der Waals surface area contributed by atoms with Gasteiger partial charge in [-0.25, -0.2) is 4.79 Å². The summed E-state index contributed by atoms with van der Waals surface area (Å²) in [6.45, 7) is 1.77. The molecule has 1 amide bonds. The summed E-state index contributed by atoms with van der Waals surface area (Å²) in [6.07, 6.45) is 1.29. The summed E-state index contributed by atoms with van der Waals surface area (Å²) in [5, 5.41) is 2.61. The first-order chi connectivity index (χ1) is 10.1. The molecular formula is C16H19NO4. The van der Waals surface area contributed by atoms with E-state index in [1.807, 2.05) is 30.3 Å². The van der Waals surface area contributed by atoms with Crippen LogP contribution in [0.4, 0.5) is 0 Å². The number of esters is 1. The average molecular weight is 289 g/mol. The van der Waals surface area contributed by atoms with Crippen molar-refractivity contribution in [2.45, 2.75) is 38.8 Å². The predicted octanol–water partition coefficient (Wildman–Crippen LogP) is 1.60. The van der Waals surface area contributed by atoms with Crippen molar-refractivity contribution in [2.24, 2.45) is 5.92 Å². The van der Waals surface area contributed by atoms with Crippen molar-refractivity contribution >= 4 is 17.7 Å². The molecule has 1 aromatic carbocycles. The van der Waals surface area contributed by atoms with E-state index in [1.54, 1.807) is 6.92 Å². The van der Waals surface area contributed by atoms with E-state index in [1.165, 1.54) is 0 Å². The Labute approximate surface area is 123 Å². The standard InChI is InChI=1S/C16H19NO4/c1-11(17-15(19)13-7-8-14(18)9-13)16(20)21-10-12-5-3-2-4-6-12/h2-6,11,13H,7-10H2,1H3,(H,17,19). The van der Waals surface area contributed by atoms with Gasteiger partial charge in [0.25, 0.3) is 0 Å². The van der Waals surface area contributed by atoms with Gasteiger partial charge in [0.1, 0.15) is 18.4 Å². The molecule has 0 aliphatic heterocycles. The number of hydrogen-bond donors (Lipinski definition) is 1. The van der Waals surface area contributed by atoms with Crippen LogP contribution in [0.5, 0.6) is 0 Å². The number of Topliss-reactive ketones (excluding diaryl/α,β-unsaturated/α-hetero) is 1. The lowest BCUT2D eigenvalue weighted by Crippen LogP contribution is -2.42. The Morgan fingerprint density at radius 3 is 2.67 bits per heavy atom.